The third-order valence-corrected chi connectivity index (χ3v) is 4.80. The fourth-order valence-corrected chi connectivity index (χ4v) is 3.45. The van der Waals surface area contributed by atoms with E-state index in [0.717, 1.165) is 39.4 Å². The average Bonchev–Trinajstić information content (AvgIpc) is 3.46. The molecule has 3 aromatic heterocycles. The van der Waals surface area contributed by atoms with E-state index in [-0.39, 0.29) is 6.61 Å². The van der Waals surface area contributed by atoms with Crippen molar-refractivity contribution >= 4 is 11.0 Å². The molecular formula is C21H18N6O. The summed E-state index contributed by atoms with van der Waals surface area (Å²) in [6.07, 6.45) is 7.44. The Balaban J connectivity index is 1.58. The normalized spacial score (nSPS) is 11.4. The first kappa shape index (κ1) is 16.5. The number of fused-ring (bicyclic) bond motifs is 1. The van der Waals surface area contributed by atoms with Gasteiger partial charge in [-0.2, -0.15) is 5.10 Å². The van der Waals surface area contributed by atoms with E-state index in [9.17, 15) is 5.11 Å². The Morgan fingerprint density at radius 1 is 1.04 bits per heavy atom. The number of aromatic nitrogens is 6. The highest BCUT2D eigenvalue weighted by atomic mass is 16.3. The van der Waals surface area contributed by atoms with Crippen molar-refractivity contribution in [3.63, 3.8) is 0 Å². The first-order chi connectivity index (χ1) is 13.7. The molecule has 0 aliphatic carbocycles. The summed E-state index contributed by atoms with van der Waals surface area (Å²) >= 11 is 0. The van der Waals surface area contributed by atoms with Crippen LogP contribution >= 0.6 is 0 Å². The summed E-state index contributed by atoms with van der Waals surface area (Å²) in [5.74, 6) is 1.42. The van der Waals surface area contributed by atoms with Crippen LogP contribution in [-0.4, -0.2) is 34.4 Å². The number of H-pyrrole nitrogens is 1. The molecule has 28 heavy (non-hydrogen) atoms. The van der Waals surface area contributed by atoms with Gasteiger partial charge in [0.25, 0.3) is 0 Å². The highest BCUT2D eigenvalue weighted by Crippen LogP contribution is 2.27. The van der Waals surface area contributed by atoms with Gasteiger partial charge in [-0.15, -0.1) is 0 Å². The van der Waals surface area contributed by atoms with Crippen molar-refractivity contribution in [1.29, 1.82) is 0 Å². The lowest BCUT2D eigenvalue weighted by Gasteiger charge is -2.12. The maximum absolute atomic E-state index is 9.29. The van der Waals surface area contributed by atoms with Crippen LogP contribution in [0.5, 0.6) is 0 Å². The molecule has 3 heterocycles. The molecule has 2 aromatic carbocycles. The summed E-state index contributed by atoms with van der Waals surface area (Å²) in [4.78, 5) is 12.1. The van der Waals surface area contributed by atoms with Crippen LogP contribution in [0.25, 0.3) is 33.8 Å². The molecule has 0 unspecified atom stereocenters. The second kappa shape index (κ2) is 6.47. The van der Waals surface area contributed by atoms with Crippen molar-refractivity contribution in [2.24, 2.45) is 0 Å². The van der Waals surface area contributed by atoms with Gasteiger partial charge in [0.1, 0.15) is 18.3 Å². The maximum atomic E-state index is 9.29. The fraction of sp³-hybridized carbons (Fsp3) is 0.0952. The molecule has 0 aliphatic rings. The van der Waals surface area contributed by atoms with Crippen molar-refractivity contribution < 1.29 is 5.11 Å². The lowest BCUT2D eigenvalue weighted by molar-refractivity contribution is 0.273. The van der Waals surface area contributed by atoms with Gasteiger partial charge in [0.2, 0.25) is 0 Å². The summed E-state index contributed by atoms with van der Waals surface area (Å²) in [6, 6.07) is 14.1. The molecule has 0 saturated heterocycles. The van der Waals surface area contributed by atoms with Crippen LogP contribution < -0.4 is 0 Å². The Morgan fingerprint density at radius 2 is 1.93 bits per heavy atom. The van der Waals surface area contributed by atoms with E-state index in [2.05, 4.69) is 43.7 Å². The second-order valence-corrected chi connectivity index (χ2v) is 6.61. The minimum absolute atomic E-state index is 0.109. The molecule has 0 atom stereocenters. The van der Waals surface area contributed by atoms with E-state index >= 15 is 0 Å². The molecule has 0 spiro atoms. The zero-order valence-corrected chi connectivity index (χ0v) is 15.2. The molecule has 0 radical (unpaired) electrons. The number of aromatic amines is 1. The maximum Gasteiger partial charge on any atom is 0.144 e. The summed E-state index contributed by atoms with van der Waals surface area (Å²) < 4.78 is 3.89. The molecule has 5 rings (SSSR count). The second-order valence-electron chi connectivity index (χ2n) is 6.61. The van der Waals surface area contributed by atoms with Crippen molar-refractivity contribution in [2.45, 2.75) is 13.5 Å². The average molecular weight is 370 g/mol. The fourth-order valence-electron chi connectivity index (χ4n) is 3.45. The molecule has 0 amide bonds. The van der Waals surface area contributed by atoms with Crippen LogP contribution in [0.4, 0.5) is 0 Å². The number of hydrogen-bond donors (Lipinski definition) is 2. The summed E-state index contributed by atoms with van der Waals surface area (Å²) in [5, 5.41) is 13.6. The highest BCUT2D eigenvalue weighted by molar-refractivity contribution is 5.78. The third-order valence-electron chi connectivity index (χ3n) is 4.80. The molecule has 0 bridgehead atoms. The predicted octanol–water partition coefficient (Wildman–Crippen LogP) is 3.40. The minimum atomic E-state index is -0.109. The van der Waals surface area contributed by atoms with E-state index < -0.39 is 0 Å². The number of benzene rings is 2. The Bertz CT molecular complexity index is 1270. The largest absolute Gasteiger partial charge is 0.388 e. The molecule has 7 nitrogen and oxygen atoms in total. The van der Waals surface area contributed by atoms with E-state index in [0.29, 0.717) is 5.82 Å². The number of aliphatic hydroxyl groups is 1. The number of rotatable bonds is 4. The minimum Gasteiger partial charge on any atom is -0.388 e. The Labute approximate surface area is 160 Å². The molecule has 7 heteroatoms. The predicted molar refractivity (Wildman–Crippen MR) is 106 cm³/mol. The molecule has 2 N–H and O–H groups in total. The van der Waals surface area contributed by atoms with Gasteiger partial charge >= 0.3 is 0 Å². The molecule has 5 aromatic rings. The number of aliphatic hydroxyl groups excluding tert-OH is 1. The zero-order valence-electron chi connectivity index (χ0n) is 15.2. The van der Waals surface area contributed by atoms with E-state index in [1.54, 1.807) is 12.4 Å². The van der Waals surface area contributed by atoms with Crippen LogP contribution in [0.1, 0.15) is 11.4 Å². The summed E-state index contributed by atoms with van der Waals surface area (Å²) in [6.45, 7) is 1.97. The summed E-state index contributed by atoms with van der Waals surface area (Å²) in [5.41, 5.74) is 5.87. The first-order valence-corrected chi connectivity index (χ1v) is 8.97. The molecule has 0 aliphatic heterocycles. The lowest BCUT2D eigenvalue weighted by atomic mass is 10.1. The number of imidazole rings is 2. The van der Waals surface area contributed by atoms with Crippen LogP contribution in [0, 0.1) is 6.92 Å². The Hall–Kier alpha value is -3.71. The van der Waals surface area contributed by atoms with Gasteiger partial charge in [0.05, 0.1) is 16.7 Å². The monoisotopic (exact) mass is 370 g/mol. The van der Waals surface area contributed by atoms with Crippen LogP contribution in [0.2, 0.25) is 0 Å². The molecule has 0 fully saturated rings. The van der Waals surface area contributed by atoms with E-state index in [1.807, 2.05) is 47.4 Å². The topological polar surface area (TPSA) is 84.6 Å². The van der Waals surface area contributed by atoms with Crippen molar-refractivity contribution in [3.05, 3.63) is 78.6 Å². The van der Waals surface area contributed by atoms with E-state index in [1.165, 1.54) is 0 Å². The third kappa shape index (κ3) is 2.69. The van der Waals surface area contributed by atoms with Crippen LogP contribution in [-0.2, 0) is 6.61 Å². The molecule has 0 saturated carbocycles. The number of aryl methyl sites for hydroxylation is 1. The molecular weight excluding hydrogens is 352 g/mol. The molecule has 138 valence electrons. The number of nitrogens with zero attached hydrogens (tertiary/aromatic N) is 5. The van der Waals surface area contributed by atoms with E-state index in [4.69, 9.17) is 0 Å². The van der Waals surface area contributed by atoms with Gasteiger partial charge in [-0.1, -0.05) is 0 Å². The SMILES string of the molecule is Cc1cc(-n2cccn2)ccc1-c1nccn1-c1ccc2nc(CO)[nH]c2c1. The van der Waals surface area contributed by atoms with Crippen molar-refractivity contribution in [3.8, 4) is 22.8 Å². The van der Waals surface area contributed by atoms with Crippen molar-refractivity contribution in [2.75, 3.05) is 0 Å². The van der Waals surface area contributed by atoms with Gasteiger partial charge in [0, 0.05) is 36.0 Å². The number of hydrogen-bond acceptors (Lipinski definition) is 4. The Morgan fingerprint density at radius 3 is 2.71 bits per heavy atom. The zero-order chi connectivity index (χ0) is 19.1. The highest BCUT2D eigenvalue weighted by Gasteiger charge is 2.12. The lowest BCUT2D eigenvalue weighted by Crippen LogP contribution is -2.00. The van der Waals surface area contributed by atoms with Gasteiger partial charge in [-0.3, -0.25) is 4.57 Å². The van der Waals surface area contributed by atoms with Gasteiger partial charge in [-0.25, -0.2) is 14.6 Å². The van der Waals surface area contributed by atoms with Gasteiger partial charge in [-0.05, 0) is 55.0 Å². The number of nitrogens with one attached hydrogen (secondary N) is 1. The smallest absolute Gasteiger partial charge is 0.144 e. The van der Waals surface area contributed by atoms with Gasteiger partial charge in [0.15, 0.2) is 0 Å². The first-order valence-electron chi connectivity index (χ1n) is 8.97. The van der Waals surface area contributed by atoms with Crippen LogP contribution in [0.3, 0.4) is 0 Å². The summed E-state index contributed by atoms with van der Waals surface area (Å²) in [7, 11) is 0. The van der Waals surface area contributed by atoms with Gasteiger partial charge < -0.3 is 10.1 Å². The standard InChI is InChI=1S/C21H18N6O/c1-14-11-16(27-9-2-7-23-27)3-5-17(14)21-22-8-10-26(21)15-4-6-18-19(12-15)25-20(13-28)24-18/h2-12,28H,13H2,1H3,(H,24,25). The van der Waals surface area contributed by atoms with Crippen molar-refractivity contribution in [1.82, 2.24) is 29.3 Å². The Kier molecular flexibility index (Phi) is 3.80. The quantitative estimate of drug-likeness (QED) is 0.508. The van der Waals surface area contributed by atoms with Crippen LogP contribution in [0.15, 0.2) is 67.3 Å².